The molecule has 0 saturated carbocycles. The predicted molar refractivity (Wildman–Crippen MR) is 98.4 cm³/mol. The molecule has 0 N–H and O–H groups in total. The van der Waals surface area contributed by atoms with Crippen molar-refractivity contribution in [1.29, 1.82) is 0 Å². The molecule has 0 radical (unpaired) electrons. The number of methoxy groups -OCH3 is 2. The second kappa shape index (κ2) is 8.16. The minimum Gasteiger partial charge on any atom is -0.497 e. The van der Waals surface area contributed by atoms with E-state index in [0.29, 0.717) is 12.3 Å². The van der Waals surface area contributed by atoms with Crippen molar-refractivity contribution in [2.24, 2.45) is 0 Å². The lowest BCUT2D eigenvalue weighted by Crippen LogP contribution is -2.34. The van der Waals surface area contributed by atoms with Gasteiger partial charge < -0.3 is 19.1 Å². The Morgan fingerprint density at radius 1 is 1.08 bits per heavy atom. The van der Waals surface area contributed by atoms with Gasteiger partial charge in [0, 0.05) is 18.4 Å². The molecule has 0 aromatic heterocycles. The summed E-state index contributed by atoms with van der Waals surface area (Å²) >= 11 is 1.73. The summed E-state index contributed by atoms with van der Waals surface area (Å²) in [7, 11) is 3.24. The van der Waals surface area contributed by atoms with Gasteiger partial charge in [0.1, 0.15) is 22.6 Å². The highest BCUT2D eigenvalue weighted by atomic mass is 32.2. The van der Waals surface area contributed by atoms with Crippen LogP contribution in [0.1, 0.15) is 10.9 Å². The van der Waals surface area contributed by atoms with Crippen LogP contribution in [0.4, 0.5) is 0 Å². The van der Waals surface area contributed by atoms with Crippen molar-refractivity contribution in [3.8, 4) is 17.2 Å². The number of para-hydroxylation sites is 1. The van der Waals surface area contributed by atoms with Crippen LogP contribution in [0.25, 0.3) is 0 Å². The van der Waals surface area contributed by atoms with Gasteiger partial charge in [-0.05, 0) is 29.8 Å². The van der Waals surface area contributed by atoms with E-state index in [9.17, 15) is 4.79 Å². The smallest absolute Gasteiger partial charge is 0.261 e. The lowest BCUT2D eigenvalue weighted by molar-refractivity contribution is -0.133. The molecule has 1 aliphatic rings. The molecule has 1 aliphatic heterocycles. The first kappa shape index (κ1) is 17.5. The molecule has 2 aromatic rings. The molecule has 1 saturated heterocycles. The topological polar surface area (TPSA) is 48.0 Å². The lowest BCUT2D eigenvalue weighted by atomic mass is 10.1. The highest BCUT2D eigenvalue weighted by Gasteiger charge is 2.31. The van der Waals surface area contributed by atoms with E-state index in [-0.39, 0.29) is 17.9 Å². The summed E-state index contributed by atoms with van der Waals surface area (Å²) in [4.78, 5) is 14.5. The molecular formula is C19H21NO4S. The number of hydrogen-bond acceptors (Lipinski definition) is 5. The van der Waals surface area contributed by atoms with Crippen LogP contribution in [0.3, 0.4) is 0 Å². The van der Waals surface area contributed by atoms with E-state index >= 15 is 0 Å². The van der Waals surface area contributed by atoms with Crippen molar-refractivity contribution in [2.45, 2.75) is 5.37 Å². The van der Waals surface area contributed by atoms with Crippen LogP contribution in [0.5, 0.6) is 17.2 Å². The number of carbonyl (C=O) groups excluding carboxylic acids is 1. The van der Waals surface area contributed by atoms with Crippen molar-refractivity contribution in [1.82, 2.24) is 4.90 Å². The van der Waals surface area contributed by atoms with E-state index in [0.717, 1.165) is 22.8 Å². The summed E-state index contributed by atoms with van der Waals surface area (Å²) in [6.07, 6.45) is 0. The fourth-order valence-electron chi connectivity index (χ4n) is 2.72. The largest absolute Gasteiger partial charge is 0.497 e. The molecule has 5 nitrogen and oxygen atoms in total. The molecule has 6 heteroatoms. The van der Waals surface area contributed by atoms with Gasteiger partial charge in [0.25, 0.3) is 5.91 Å². The van der Waals surface area contributed by atoms with E-state index < -0.39 is 0 Å². The van der Waals surface area contributed by atoms with Crippen molar-refractivity contribution in [3.05, 3.63) is 54.1 Å². The fraction of sp³-hybridized carbons (Fsp3) is 0.316. The van der Waals surface area contributed by atoms with E-state index in [1.54, 1.807) is 26.0 Å². The Morgan fingerprint density at radius 2 is 1.76 bits per heavy atom. The normalized spacial score (nSPS) is 16.6. The van der Waals surface area contributed by atoms with Crippen LogP contribution in [0.2, 0.25) is 0 Å². The molecule has 0 bridgehead atoms. The molecule has 1 atom stereocenters. The third-order valence-corrected chi connectivity index (χ3v) is 5.24. The minimum atomic E-state index is -0.0594. The SMILES string of the molecule is COc1cc(OC)cc([C@H]2SCCN2C(=O)COc2ccccc2)c1. The average molecular weight is 359 g/mol. The number of ether oxygens (including phenoxy) is 3. The Morgan fingerprint density at radius 3 is 2.40 bits per heavy atom. The van der Waals surface area contributed by atoms with Crippen molar-refractivity contribution in [2.75, 3.05) is 33.1 Å². The Hall–Kier alpha value is -2.34. The zero-order chi connectivity index (χ0) is 17.6. The number of rotatable bonds is 6. The summed E-state index contributed by atoms with van der Waals surface area (Å²) in [6.45, 7) is 0.730. The summed E-state index contributed by atoms with van der Waals surface area (Å²) in [6, 6.07) is 15.1. The number of carbonyl (C=O) groups is 1. The first-order valence-corrected chi connectivity index (χ1v) is 9.08. The average Bonchev–Trinajstić information content (AvgIpc) is 3.16. The molecule has 1 heterocycles. The van der Waals surface area contributed by atoms with Crippen LogP contribution < -0.4 is 14.2 Å². The van der Waals surface area contributed by atoms with Gasteiger partial charge in [-0.25, -0.2) is 0 Å². The number of amides is 1. The third-order valence-electron chi connectivity index (χ3n) is 3.98. The molecule has 1 fully saturated rings. The first-order chi connectivity index (χ1) is 12.2. The molecule has 0 spiro atoms. The van der Waals surface area contributed by atoms with E-state index in [2.05, 4.69) is 0 Å². The molecule has 132 valence electrons. The summed E-state index contributed by atoms with van der Waals surface area (Å²) in [5.74, 6) is 2.99. The standard InChI is InChI=1S/C19H21NO4S/c1-22-16-10-14(11-17(12-16)23-2)19-20(8-9-25-19)18(21)13-24-15-6-4-3-5-7-15/h3-7,10-12,19H,8-9,13H2,1-2H3/t19-/m1/s1. The van der Waals surface area contributed by atoms with Gasteiger partial charge in [0.15, 0.2) is 6.61 Å². The van der Waals surface area contributed by atoms with Gasteiger partial charge in [-0.1, -0.05) is 18.2 Å². The second-order valence-corrected chi connectivity index (χ2v) is 6.75. The van der Waals surface area contributed by atoms with Crippen LogP contribution in [0.15, 0.2) is 48.5 Å². The van der Waals surface area contributed by atoms with Crippen molar-refractivity contribution < 1.29 is 19.0 Å². The Bertz CT molecular complexity index is 700. The summed E-state index contributed by atoms with van der Waals surface area (Å²) in [5.41, 5.74) is 0.992. The van der Waals surface area contributed by atoms with Gasteiger partial charge in [0.05, 0.1) is 14.2 Å². The maximum absolute atomic E-state index is 12.6. The highest BCUT2D eigenvalue weighted by Crippen LogP contribution is 2.40. The van der Waals surface area contributed by atoms with Gasteiger partial charge >= 0.3 is 0 Å². The van der Waals surface area contributed by atoms with Crippen LogP contribution in [-0.2, 0) is 4.79 Å². The molecule has 0 unspecified atom stereocenters. The summed E-state index contributed by atoms with van der Waals surface area (Å²) < 4.78 is 16.3. The van der Waals surface area contributed by atoms with E-state index in [4.69, 9.17) is 14.2 Å². The molecule has 1 amide bonds. The Balaban J connectivity index is 1.72. The monoisotopic (exact) mass is 359 g/mol. The number of hydrogen-bond donors (Lipinski definition) is 0. The molecule has 3 rings (SSSR count). The molecule has 0 aliphatic carbocycles. The lowest BCUT2D eigenvalue weighted by Gasteiger charge is -2.25. The maximum Gasteiger partial charge on any atom is 0.261 e. The van der Waals surface area contributed by atoms with Crippen LogP contribution >= 0.6 is 11.8 Å². The molecule has 25 heavy (non-hydrogen) atoms. The van der Waals surface area contributed by atoms with Crippen LogP contribution in [-0.4, -0.2) is 43.9 Å². The van der Waals surface area contributed by atoms with Crippen molar-refractivity contribution in [3.63, 3.8) is 0 Å². The Kier molecular flexibility index (Phi) is 5.71. The van der Waals surface area contributed by atoms with Gasteiger partial charge in [-0.15, -0.1) is 11.8 Å². The summed E-state index contributed by atoms with van der Waals surface area (Å²) in [5, 5.41) is -0.0594. The van der Waals surface area contributed by atoms with Crippen molar-refractivity contribution >= 4 is 17.7 Å². The van der Waals surface area contributed by atoms with Gasteiger partial charge in [-0.2, -0.15) is 0 Å². The predicted octanol–water partition coefficient (Wildman–Crippen LogP) is 3.36. The molecule has 2 aromatic carbocycles. The second-order valence-electron chi connectivity index (χ2n) is 5.56. The van der Waals surface area contributed by atoms with Gasteiger partial charge in [0.2, 0.25) is 0 Å². The number of thioether (sulfide) groups is 1. The quantitative estimate of drug-likeness (QED) is 0.792. The fourth-order valence-corrected chi connectivity index (χ4v) is 3.98. The first-order valence-electron chi connectivity index (χ1n) is 8.03. The number of benzene rings is 2. The Labute approximate surface area is 151 Å². The van der Waals surface area contributed by atoms with E-state index in [1.807, 2.05) is 53.4 Å². The molecular weight excluding hydrogens is 338 g/mol. The zero-order valence-electron chi connectivity index (χ0n) is 14.3. The van der Waals surface area contributed by atoms with Crippen LogP contribution in [0, 0.1) is 0 Å². The van der Waals surface area contributed by atoms with Gasteiger partial charge in [-0.3, -0.25) is 4.79 Å². The third kappa shape index (κ3) is 4.20. The van der Waals surface area contributed by atoms with E-state index in [1.165, 1.54) is 0 Å². The maximum atomic E-state index is 12.6. The zero-order valence-corrected chi connectivity index (χ0v) is 15.1. The number of nitrogens with zero attached hydrogens (tertiary/aromatic N) is 1. The highest BCUT2D eigenvalue weighted by molar-refractivity contribution is 7.99. The minimum absolute atomic E-state index is 0.0272.